The summed E-state index contributed by atoms with van der Waals surface area (Å²) in [6.07, 6.45) is 0. The zero-order valence-corrected chi connectivity index (χ0v) is 19.8. The van der Waals surface area contributed by atoms with E-state index in [4.69, 9.17) is 24.5 Å². The lowest BCUT2D eigenvalue weighted by molar-refractivity contribution is 0.611. The van der Waals surface area contributed by atoms with Crippen LogP contribution in [0.3, 0.4) is 0 Å². The van der Waals surface area contributed by atoms with Crippen molar-refractivity contribution in [3.8, 4) is 45.2 Å². The molecule has 0 aliphatic rings. The van der Waals surface area contributed by atoms with Crippen LogP contribution in [0.5, 0.6) is 0 Å². The molecule has 5 heteroatoms. The van der Waals surface area contributed by atoms with Crippen molar-refractivity contribution < 1.29 is 8.83 Å². The fourth-order valence-electron chi connectivity index (χ4n) is 4.63. The molecule has 2 aromatic heterocycles. The topological polar surface area (TPSA) is 78.1 Å². The van der Waals surface area contributed by atoms with E-state index >= 15 is 0 Å². The lowest BCUT2D eigenvalue weighted by atomic mass is 10.1. The first-order valence-electron chi connectivity index (χ1n) is 12.0. The summed E-state index contributed by atoms with van der Waals surface area (Å²) < 4.78 is 12.4. The molecule has 0 radical (unpaired) electrons. The van der Waals surface area contributed by atoms with Gasteiger partial charge < -0.3 is 14.6 Å². The van der Waals surface area contributed by atoms with E-state index in [1.807, 2.05) is 91.0 Å². The van der Waals surface area contributed by atoms with E-state index in [1.54, 1.807) is 0 Å². The number of nitrogen functional groups attached to an aromatic ring is 1. The molecule has 0 spiro atoms. The van der Waals surface area contributed by atoms with Crippen molar-refractivity contribution in [2.45, 2.75) is 0 Å². The zero-order valence-electron chi connectivity index (χ0n) is 19.8. The zero-order chi connectivity index (χ0) is 24.8. The Hall–Kier alpha value is -5.16. The smallest absolute Gasteiger partial charge is 0.228 e. The van der Waals surface area contributed by atoms with Crippen LogP contribution in [0, 0.1) is 0 Å². The van der Waals surface area contributed by atoms with E-state index < -0.39 is 0 Å². The first-order chi connectivity index (χ1) is 18.2. The van der Waals surface area contributed by atoms with Crippen LogP contribution in [0.1, 0.15) is 0 Å². The number of aromatic nitrogens is 2. The molecule has 0 bridgehead atoms. The van der Waals surface area contributed by atoms with Crippen LogP contribution in [-0.2, 0) is 0 Å². The van der Waals surface area contributed by atoms with Gasteiger partial charge >= 0.3 is 0 Å². The van der Waals surface area contributed by atoms with Crippen molar-refractivity contribution in [3.63, 3.8) is 0 Å². The minimum absolute atomic E-state index is 0.467. The summed E-state index contributed by atoms with van der Waals surface area (Å²) >= 11 is 0. The molecule has 37 heavy (non-hydrogen) atoms. The van der Waals surface area contributed by atoms with Gasteiger partial charge in [-0.15, -0.1) is 0 Å². The number of benzene rings is 5. The maximum atomic E-state index is 6.18. The van der Waals surface area contributed by atoms with Crippen LogP contribution >= 0.6 is 0 Å². The maximum absolute atomic E-state index is 6.18. The molecule has 176 valence electrons. The second-order valence-corrected chi connectivity index (χ2v) is 8.94. The van der Waals surface area contributed by atoms with Crippen molar-refractivity contribution >= 4 is 27.9 Å². The van der Waals surface area contributed by atoms with Gasteiger partial charge in [0.15, 0.2) is 11.2 Å². The second kappa shape index (κ2) is 8.50. The molecule has 0 aliphatic carbocycles. The van der Waals surface area contributed by atoms with Gasteiger partial charge in [0.1, 0.15) is 11.0 Å². The van der Waals surface area contributed by atoms with Crippen LogP contribution in [0.25, 0.3) is 67.4 Å². The van der Waals surface area contributed by atoms with Gasteiger partial charge in [0.25, 0.3) is 0 Å². The highest BCUT2D eigenvalue weighted by molar-refractivity contribution is 5.88. The van der Waals surface area contributed by atoms with E-state index in [2.05, 4.69) is 24.3 Å². The summed E-state index contributed by atoms with van der Waals surface area (Å²) in [6, 6.07) is 38.1. The average molecular weight is 480 g/mol. The summed E-state index contributed by atoms with van der Waals surface area (Å²) in [5.41, 5.74) is 15.7. The summed E-state index contributed by atoms with van der Waals surface area (Å²) in [5.74, 6) is 0.956. The first kappa shape index (κ1) is 21.1. The van der Waals surface area contributed by atoms with Crippen molar-refractivity contribution in [1.29, 1.82) is 0 Å². The molecule has 0 fully saturated rings. The standard InChI is InChI=1S/C32H21N3O2/c33-24-13-14-25(31-34-27-17-22(11-15-29(27)36-31)20-7-3-1-4-8-20)26(19-24)32-35-28-18-23(12-16-30(28)37-32)21-9-5-2-6-10-21/h1-19H,33H2. The number of nitrogens with two attached hydrogens (primary N) is 1. The molecule has 0 saturated heterocycles. The Morgan fingerprint density at radius 1 is 0.459 bits per heavy atom. The summed E-state index contributed by atoms with van der Waals surface area (Å²) in [5, 5.41) is 0. The normalized spacial score (nSPS) is 11.4. The predicted octanol–water partition coefficient (Wildman–Crippen LogP) is 8.22. The van der Waals surface area contributed by atoms with E-state index in [0.29, 0.717) is 28.6 Å². The second-order valence-electron chi connectivity index (χ2n) is 8.94. The largest absolute Gasteiger partial charge is 0.436 e. The molecular weight excluding hydrogens is 458 g/mol. The van der Waals surface area contributed by atoms with Crippen LogP contribution in [0.2, 0.25) is 0 Å². The van der Waals surface area contributed by atoms with Crippen LogP contribution in [-0.4, -0.2) is 9.97 Å². The third-order valence-corrected chi connectivity index (χ3v) is 6.49. The van der Waals surface area contributed by atoms with Gasteiger partial charge in [0.05, 0.1) is 5.56 Å². The van der Waals surface area contributed by atoms with Gasteiger partial charge in [0, 0.05) is 11.3 Å². The monoisotopic (exact) mass is 479 g/mol. The Labute approximate surface area is 212 Å². The number of nitrogens with zero attached hydrogens (tertiary/aromatic N) is 2. The molecule has 0 aliphatic heterocycles. The Morgan fingerprint density at radius 3 is 1.51 bits per heavy atom. The molecule has 7 rings (SSSR count). The number of hydrogen-bond donors (Lipinski definition) is 1. The lowest BCUT2D eigenvalue weighted by Crippen LogP contribution is -1.90. The fraction of sp³-hybridized carbons (Fsp3) is 0. The van der Waals surface area contributed by atoms with Crippen LogP contribution in [0.4, 0.5) is 5.69 Å². The van der Waals surface area contributed by atoms with Crippen LogP contribution in [0.15, 0.2) is 124 Å². The third kappa shape index (κ3) is 3.83. The Kier molecular flexibility index (Phi) is 4.86. The van der Waals surface area contributed by atoms with Gasteiger partial charge in [-0.05, 0) is 64.7 Å². The molecule has 0 atom stereocenters. The molecular formula is C32H21N3O2. The molecule has 0 amide bonds. The minimum Gasteiger partial charge on any atom is -0.436 e. The number of rotatable bonds is 4. The van der Waals surface area contributed by atoms with Crippen molar-refractivity contribution in [3.05, 3.63) is 115 Å². The SMILES string of the molecule is Nc1ccc(-c2nc3cc(-c4ccccc4)ccc3o2)c(-c2nc3cc(-c4ccccc4)ccc3o2)c1. The first-order valence-corrected chi connectivity index (χ1v) is 12.0. The summed E-state index contributed by atoms with van der Waals surface area (Å²) in [7, 11) is 0. The fourth-order valence-corrected chi connectivity index (χ4v) is 4.63. The maximum Gasteiger partial charge on any atom is 0.228 e. The molecule has 5 nitrogen and oxygen atoms in total. The summed E-state index contributed by atoms with van der Waals surface area (Å²) in [6.45, 7) is 0. The van der Waals surface area contributed by atoms with E-state index in [-0.39, 0.29) is 0 Å². The summed E-state index contributed by atoms with van der Waals surface area (Å²) in [4.78, 5) is 9.63. The number of hydrogen-bond acceptors (Lipinski definition) is 5. The molecule has 0 unspecified atom stereocenters. The predicted molar refractivity (Wildman–Crippen MR) is 148 cm³/mol. The highest BCUT2D eigenvalue weighted by Gasteiger charge is 2.19. The van der Waals surface area contributed by atoms with Gasteiger partial charge in [0.2, 0.25) is 11.8 Å². The van der Waals surface area contributed by atoms with E-state index in [1.165, 1.54) is 0 Å². The third-order valence-electron chi connectivity index (χ3n) is 6.49. The van der Waals surface area contributed by atoms with Crippen molar-refractivity contribution in [2.24, 2.45) is 0 Å². The van der Waals surface area contributed by atoms with Gasteiger partial charge in [-0.1, -0.05) is 72.8 Å². The van der Waals surface area contributed by atoms with Crippen LogP contribution < -0.4 is 5.73 Å². The van der Waals surface area contributed by atoms with E-state index in [9.17, 15) is 0 Å². The highest BCUT2D eigenvalue weighted by atomic mass is 16.4. The highest BCUT2D eigenvalue weighted by Crippen LogP contribution is 2.37. The Morgan fingerprint density at radius 2 is 0.973 bits per heavy atom. The molecule has 7 aromatic rings. The van der Waals surface area contributed by atoms with Gasteiger partial charge in [-0.25, -0.2) is 9.97 Å². The van der Waals surface area contributed by atoms with Crippen molar-refractivity contribution in [2.75, 3.05) is 5.73 Å². The number of anilines is 1. The van der Waals surface area contributed by atoms with Gasteiger partial charge in [-0.2, -0.15) is 0 Å². The quantitative estimate of drug-likeness (QED) is 0.257. The Balaban J connectivity index is 1.32. The number of fused-ring (bicyclic) bond motifs is 2. The van der Waals surface area contributed by atoms with Crippen molar-refractivity contribution in [1.82, 2.24) is 9.97 Å². The minimum atomic E-state index is 0.467. The van der Waals surface area contributed by atoms with E-state index in [0.717, 1.165) is 44.4 Å². The molecule has 2 heterocycles. The lowest BCUT2D eigenvalue weighted by Gasteiger charge is -2.04. The Bertz CT molecular complexity index is 1890. The molecule has 2 N–H and O–H groups in total. The van der Waals surface area contributed by atoms with Gasteiger partial charge in [-0.3, -0.25) is 0 Å². The molecule has 5 aromatic carbocycles. The molecule has 0 saturated carbocycles. The number of oxazole rings is 2. The average Bonchev–Trinajstić information content (AvgIpc) is 3.57.